The first-order valence-electron chi connectivity index (χ1n) is 5.85. The number of nitrogens with one attached hydrogen (secondary N) is 1. The Morgan fingerprint density at radius 2 is 2.18 bits per heavy atom. The number of rotatable bonds is 4. The lowest BCUT2D eigenvalue weighted by molar-refractivity contribution is 0.349. The molecule has 3 nitrogen and oxygen atoms in total. The third kappa shape index (κ3) is 2.64. The van der Waals surface area contributed by atoms with Gasteiger partial charge >= 0.3 is 0 Å². The van der Waals surface area contributed by atoms with Gasteiger partial charge < -0.3 is 9.80 Å². The Balaban J connectivity index is 2.00. The van der Waals surface area contributed by atoms with E-state index in [9.17, 15) is 4.39 Å². The molecule has 0 saturated heterocycles. The van der Waals surface area contributed by atoms with E-state index in [4.69, 9.17) is 5.41 Å². The molecule has 1 aliphatic rings. The van der Waals surface area contributed by atoms with Gasteiger partial charge in [0.05, 0.1) is 0 Å². The van der Waals surface area contributed by atoms with Crippen molar-refractivity contribution in [2.75, 3.05) is 27.2 Å². The van der Waals surface area contributed by atoms with Crippen LogP contribution in [0.25, 0.3) is 0 Å². The highest BCUT2D eigenvalue weighted by Crippen LogP contribution is 2.23. The SMILES string of the molecule is CN(C)CCCN1Cc2ccc(F)cc2C1=N. The Kier molecular flexibility index (Phi) is 3.43. The summed E-state index contributed by atoms with van der Waals surface area (Å²) in [6.45, 7) is 2.60. The molecule has 1 aromatic carbocycles. The number of fused-ring (bicyclic) bond motifs is 1. The van der Waals surface area contributed by atoms with Crippen LogP contribution in [0.1, 0.15) is 17.5 Å². The zero-order valence-electron chi connectivity index (χ0n) is 10.3. The molecule has 0 aromatic heterocycles. The molecule has 0 atom stereocenters. The Labute approximate surface area is 101 Å². The molecule has 0 aliphatic carbocycles. The molecule has 0 unspecified atom stereocenters. The first-order chi connectivity index (χ1) is 8.08. The van der Waals surface area contributed by atoms with E-state index in [1.165, 1.54) is 12.1 Å². The van der Waals surface area contributed by atoms with Crippen LogP contribution in [-0.4, -0.2) is 42.8 Å². The average Bonchev–Trinajstić information content (AvgIpc) is 2.56. The molecular weight excluding hydrogens is 217 g/mol. The van der Waals surface area contributed by atoms with Crippen LogP contribution in [0.2, 0.25) is 0 Å². The van der Waals surface area contributed by atoms with E-state index in [1.54, 1.807) is 6.07 Å². The summed E-state index contributed by atoms with van der Waals surface area (Å²) < 4.78 is 13.1. The molecule has 1 N–H and O–H groups in total. The molecule has 2 rings (SSSR count). The Morgan fingerprint density at radius 3 is 2.88 bits per heavy atom. The minimum Gasteiger partial charge on any atom is -0.352 e. The van der Waals surface area contributed by atoms with Gasteiger partial charge in [-0.1, -0.05) is 6.07 Å². The quantitative estimate of drug-likeness (QED) is 0.864. The van der Waals surface area contributed by atoms with E-state index < -0.39 is 0 Å². The fourth-order valence-corrected chi connectivity index (χ4v) is 2.13. The van der Waals surface area contributed by atoms with Crippen LogP contribution in [-0.2, 0) is 6.54 Å². The third-order valence-electron chi connectivity index (χ3n) is 3.04. The Bertz CT molecular complexity index is 429. The van der Waals surface area contributed by atoms with Gasteiger partial charge in [-0.15, -0.1) is 0 Å². The molecule has 1 heterocycles. The molecule has 0 radical (unpaired) electrons. The summed E-state index contributed by atoms with van der Waals surface area (Å²) in [5.41, 5.74) is 1.80. The van der Waals surface area contributed by atoms with Crippen molar-refractivity contribution in [3.05, 3.63) is 35.1 Å². The van der Waals surface area contributed by atoms with Gasteiger partial charge in [-0.3, -0.25) is 5.41 Å². The number of amidine groups is 1. The number of benzene rings is 1. The predicted octanol–water partition coefficient (Wildman–Crippen LogP) is 1.92. The minimum absolute atomic E-state index is 0.261. The van der Waals surface area contributed by atoms with E-state index in [0.717, 1.165) is 37.2 Å². The highest BCUT2D eigenvalue weighted by atomic mass is 19.1. The van der Waals surface area contributed by atoms with Crippen molar-refractivity contribution in [2.45, 2.75) is 13.0 Å². The van der Waals surface area contributed by atoms with Gasteiger partial charge in [0.25, 0.3) is 0 Å². The van der Waals surface area contributed by atoms with Gasteiger partial charge in [0, 0.05) is 18.7 Å². The maximum Gasteiger partial charge on any atom is 0.128 e. The van der Waals surface area contributed by atoms with E-state index >= 15 is 0 Å². The Hall–Kier alpha value is -1.42. The third-order valence-corrected chi connectivity index (χ3v) is 3.04. The summed E-state index contributed by atoms with van der Waals surface area (Å²) in [5.74, 6) is 0.196. The zero-order valence-corrected chi connectivity index (χ0v) is 10.3. The lowest BCUT2D eigenvalue weighted by Crippen LogP contribution is -2.27. The molecule has 0 saturated carbocycles. The van der Waals surface area contributed by atoms with Gasteiger partial charge in [0.1, 0.15) is 11.7 Å². The second kappa shape index (κ2) is 4.84. The van der Waals surface area contributed by atoms with Crippen molar-refractivity contribution >= 4 is 5.84 Å². The standard InChI is InChI=1S/C13H18FN3/c1-16(2)6-3-7-17-9-10-4-5-11(14)8-12(10)13(17)15/h4-5,8,15H,3,6-7,9H2,1-2H3. The van der Waals surface area contributed by atoms with Gasteiger partial charge in [0.2, 0.25) is 0 Å². The highest BCUT2D eigenvalue weighted by Gasteiger charge is 2.23. The molecular formula is C13H18FN3. The fraction of sp³-hybridized carbons (Fsp3) is 0.462. The summed E-state index contributed by atoms with van der Waals surface area (Å²) >= 11 is 0. The maximum absolute atomic E-state index is 13.1. The molecule has 0 fully saturated rings. The van der Waals surface area contributed by atoms with Crippen LogP contribution in [0.3, 0.4) is 0 Å². The van der Waals surface area contributed by atoms with Crippen LogP contribution in [0.15, 0.2) is 18.2 Å². The van der Waals surface area contributed by atoms with E-state index in [-0.39, 0.29) is 5.82 Å². The fourth-order valence-electron chi connectivity index (χ4n) is 2.13. The first-order valence-corrected chi connectivity index (χ1v) is 5.85. The van der Waals surface area contributed by atoms with Crippen molar-refractivity contribution in [3.8, 4) is 0 Å². The van der Waals surface area contributed by atoms with Crippen LogP contribution >= 0.6 is 0 Å². The molecule has 0 spiro atoms. The molecule has 92 valence electrons. The average molecular weight is 235 g/mol. The van der Waals surface area contributed by atoms with E-state index in [0.29, 0.717) is 5.84 Å². The molecule has 17 heavy (non-hydrogen) atoms. The second-order valence-electron chi connectivity index (χ2n) is 4.73. The molecule has 4 heteroatoms. The zero-order chi connectivity index (χ0) is 12.4. The molecule has 1 aliphatic heterocycles. The topological polar surface area (TPSA) is 30.3 Å². The van der Waals surface area contributed by atoms with Crippen molar-refractivity contribution in [2.24, 2.45) is 0 Å². The molecule has 1 aromatic rings. The second-order valence-corrected chi connectivity index (χ2v) is 4.73. The van der Waals surface area contributed by atoms with Crippen LogP contribution in [0.4, 0.5) is 4.39 Å². The summed E-state index contributed by atoms with van der Waals surface area (Å²) in [5, 5.41) is 8.02. The van der Waals surface area contributed by atoms with Crippen molar-refractivity contribution in [3.63, 3.8) is 0 Å². The van der Waals surface area contributed by atoms with Crippen molar-refractivity contribution in [1.29, 1.82) is 5.41 Å². The normalized spacial score (nSPS) is 14.6. The van der Waals surface area contributed by atoms with Crippen molar-refractivity contribution in [1.82, 2.24) is 9.80 Å². The van der Waals surface area contributed by atoms with Crippen molar-refractivity contribution < 1.29 is 4.39 Å². The lowest BCUT2D eigenvalue weighted by Gasteiger charge is -2.19. The summed E-state index contributed by atoms with van der Waals surface area (Å²) in [4.78, 5) is 4.14. The summed E-state index contributed by atoms with van der Waals surface area (Å²) in [6.07, 6.45) is 1.02. The molecule has 0 amide bonds. The largest absolute Gasteiger partial charge is 0.352 e. The minimum atomic E-state index is -0.261. The summed E-state index contributed by atoms with van der Waals surface area (Å²) in [7, 11) is 4.08. The number of halogens is 1. The highest BCUT2D eigenvalue weighted by molar-refractivity contribution is 6.00. The van der Waals surface area contributed by atoms with Crippen LogP contribution in [0.5, 0.6) is 0 Å². The monoisotopic (exact) mass is 235 g/mol. The van der Waals surface area contributed by atoms with Gasteiger partial charge in [-0.2, -0.15) is 0 Å². The van der Waals surface area contributed by atoms with Crippen LogP contribution < -0.4 is 0 Å². The lowest BCUT2D eigenvalue weighted by atomic mass is 10.1. The van der Waals surface area contributed by atoms with Crippen LogP contribution in [0, 0.1) is 11.2 Å². The first kappa shape index (κ1) is 12.0. The Morgan fingerprint density at radius 1 is 1.41 bits per heavy atom. The summed E-state index contributed by atoms with van der Waals surface area (Å²) in [6, 6.07) is 4.71. The van der Waals surface area contributed by atoms with E-state index in [2.05, 4.69) is 4.90 Å². The van der Waals surface area contributed by atoms with Gasteiger partial charge in [-0.25, -0.2) is 4.39 Å². The van der Waals surface area contributed by atoms with Gasteiger partial charge in [-0.05, 0) is 44.8 Å². The number of hydrogen-bond donors (Lipinski definition) is 1. The smallest absolute Gasteiger partial charge is 0.128 e. The van der Waals surface area contributed by atoms with Gasteiger partial charge in [0.15, 0.2) is 0 Å². The number of hydrogen-bond acceptors (Lipinski definition) is 2. The van der Waals surface area contributed by atoms with E-state index in [1.807, 2.05) is 19.0 Å². The predicted molar refractivity (Wildman–Crippen MR) is 66.8 cm³/mol. The number of nitrogens with zero attached hydrogens (tertiary/aromatic N) is 2. The maximum atomic E-state index is 13.1. The molecule has 0 bridgehead atoms.